The highest BCUT2D eigenvalue weighted by Crippen LogP contribution is 2.17. The summed E-state index contributed by atoms with van der Waals surface area (Å²) in [5.41, 5.74) is 5.14. The molecule has 11 heavy (non-hydrogen) atoms. The predicted molar refractivity (Wildman–Crippen MR) is 37.5 cm³/mol. The molecule has 2 N–H and O–H groups in total. The smallest absolute Gasteiger partial charge is 0.298 e. The summed E-state index contributed by atoms with van der Waals surface area (Å²) in [6.07, 6.45) is 0. The highest BCUT2D eigenvalue weighted by atomic mass is 19.1. The first-order chi connectivity index (χ1) is 5.24. The van der Waals surface area contributed by atoms with Gasteiger partial charge in [0, 0.05) is 6.07 Å². The van der Waals surface area contributed by atoms with Crippen molar-refractivity contribution >= 4 is 12.2 Å². The molecular weight excluding hydrogens is 149 g/mol. The minimum Gasteiger partial charge on any atom is -0.429 e. The molecule has 0 saturated heterocycles. The van der Waals surface area contributed by atoms with Crippen molar-refractivity contribution in [1.29, 1.82) is 0 Å². The number of halogens is 1. The summed E-state index contributed by atoms with van der Waals surface area (Å²) < 4.78 is 16.9. The van der Waals surface area contributed by atoms with Crippen LogP contribution in [0, 0.1) is 5.82 Å². The van der Waals surface area contributed by atoms with E-state index in [4.69, 9.17) is 5.73 Å². The summed E-state index contributed by atoms with van der Waals surface area (Å²) in [7, 11) is 0. The summed E-state index contributed by atoms with van der Waals surface area (Å²) in [6, 6.07) is 3.69. The summed E-state index contributed by atoms with van der Waals surface area (Å²) in [5, 5.41) is 0. The molecule has 0 bridgehead atoms. The van der Waals surface area contributed by atoms with Crippen molar-refractivity contribution in [3.05, 3.63) is 24.0 Å². The van der Waals surface area contributed by atoms with Crippen LogP contribution in [0.25, 0.3) is 0 Å². The summed E-state index contributed by atoms with van der Waals surface area (Å²) >= 11 is 0. The van der Waals surface area contributed by atoms with Gasteiger partial charge in [0.25, 0.3) is 6.47 Å². The topological polar surface area (TPSA) is 52.3 Å². The largest absolute Gasteiger partial charge is 0.429 e. The highest BCUT2D eigenvalue weighted by molar-refractivity contribution is 5.51. The fourth-order valence-corrected chi connectivity index (χ4v) is 0.651. The Bertz CT molecular complexity index is 275. The van der Waals surface area contributed by atoms with Gasteiger partial charge in [-0.2, -0.15) is 0 Å². The third kappa shape index (κ3) is 1.67. The van der Waals surface area contributed by atoms with Gasteiger partial charge >= 0.3 is 0 Å². The van der Waals surface area contributed by atoms with Crippen molar-refractivity contribution < 1.29 is 13.9 Å². The molecule has 1 rings (SSSR count). The first kappa shape index (κ1) is 7.53. The second kappa shape index (κ2) is 3.01. The molecular formula is C7H6FNO2. The lowest BCUT2D eigenvalue weighted by molar-refractivity contribution is -0.120. The molecule has 0 fully saturated rings. The van der Waals surface area contributed by atoms with Crippen LogP contribution in [0.1, 0.15) is 0 Å². The van der Waals surface area contributed by atoms with E-state index in [1.807, 2.05) is 0 Å². The molecule has 0 radical (unpaired) electrons. The molecule has 0 heterocycles. The molecule has 0 aliphatic carbocycles. The van der Waals surface area contributed by atoms with E-state index in [1.54, 1.807) is 0 Å². The number of hydrogen-bond acceptors (Lipinski definition) is 3. The van der Waals surface area contributed by atoms with Crippen LogP contribution in [0.5, 0.6) is 5.75 Å². The van der Waals surface area contributed by atoms with Gasteiger partial charge in [0.2, 0.25) is 0 Å². The van der Waals surface area contributed by atoms with Gasteiger partial charge in [-0.15, -0.1) is 0 Å². The Hall–Kier alpha value is -1.58. The number of nitrogen functional groups attached to an aromatic ring is 1. The van der Waals surface area contributed by atoms with Crippen LogP contribution >= 0.6 is 0 Å². The summed E-state index contributed by atoms with van der Waals surface area (Å²) in [6.45, 7) is 0.257. The minimum atomic E-state index is -0.525. The lowest BCUT2D eigenvalue weighted by atomic mass is 10.3. The lowest BCUT2D eigenvalue weighted by Gasteiger charge is -1.98. The van der Waals surface area contributed by atoms with Crippen molar-refractivity contribution in [1.82, 2.24) is 0 Å². The standard InChI is InChI=1S/C7H6FNO2/c8-6-2-1-5(11-4-10)3-7(6)9/h1-4H,9H2. The Morgan fingerprint density at radius 3 is 2.82 bits per heavy atom. The third-order valence-corrected chi connectivity index (χ3v) is 1.15. The van der Waals surface area contributed by atoms with Gasteiger partial charge < -0.3 is 10.5 Å². The Balaban J connectivity index is 2.95. The zero-order valence-electron chi connectivity index (χ0n) is 5.58. The summed E-state index contributed by atoms with van der Waals surface area (Å²) in [5.74, 6) is -0.290. The first-order valence-corrected chi connectivity index (χ1v) is 2.89. The van der Waals surface area contributed by atoms with Gasteiger partial charge in [-0.3, -0.25) is 4.79 Å². The highest BCUT2D eigenvalue weighted by Gasteiger charge is 1.98. The SMILES string of the molecule is Nc1cc(OC=O)ccc1F. The van der Waals surface area contributed by atoms with E-state index in [-0.39, 0.29) is 17.9 Å². The minimum absolute atomic E-state index is 0.0376. The van der Waals surface area contributed by atoms with E-state index in [0.717, 1.165) is 6.07 Å². The van der Waals surface area contributed by atoms with Crippen molar-refractivity contribution in [2.75, 3.05) is 5.73 Å². The Morgan fingerprint density at radius 2 is 2.27 bits per heavy atom. The van der Waals surface area contributed by atoms with Gasteiger partial charge in [-0.05, 0) is 12.1 Å². The molecule has 0 spiro atoms. The third-order valence-electron chi connectivity index (χ3n) is 1.15. The lowest BCUT2D eigenvalue weighted by Crippen LogP contribution is -1.93. The van der Waals surface area contributed by atoms with E-state index < -0.39 is 5.82 Å². The molecule has 0 saturated carbocycles. The predicted octanol–water partition coefficient (Wildman–Crippen LogP) is 0.943. The maximum Gasteiger partial charge on any atom is 0.298 e. The molecule has 0 amide bonds. The van der Waals surface area contributed by atoms with Crippen LogP contribution in [0.2, 0.25) is 0 Å². The quantitative estimate of drug-likeness (QED) is 0.510. The van der Waals surface area contributed by atoms with Crippen LogP contribution < -0.4 is 10.5 Å². The number of hydrogen-bond donors (Lipinski definition) is 1. The van der Waals surface area contributed by atoms with E-state index in [1.165, 1.54) is 12.1 Å². The number of anilines is 1. The first-order valence-electron chi connectivity index (χ1n) is 2.89. The molecule has 1 aromatic rings. The molecule has 0 unspecified atom stereocenters. The zero-order valence-corrected chi connectivity index (χ0v) is 5.58. The molecule has 0 aliphatic heterocycles. The number of carbonyl (C=O) groups is 1. The Labute approximate surface area is 62.6 Å². The van der Waals surface area contributed by atoms with E-state index in [2.05, 4.69) is 4.74 Å². The van der Waals surface area contributed by atoms with Crippen molar-refractivity contribution in [2.45, 2.75) is 0 Å². The van der Waals surface area contributed by atoms with Gasteiger partial charge in [0.1, 0.15) is 11.6 Å². The molecule has 0 atom stereocenters. The number of benzene rings is 1. The fourth-order valence-electron chi connectivity index (χ4n) is 0.651. The van der Waals surface area contributed by atoms with Gasteiger partial charge in [-0.1, -0.05) is 0 Å². The van der Waals surface area contributed by atoms with Crippen molar-refractivity contribution in [3.63, 3.8) is 0 Å². The van der Waals surface area contributed by atoms with Crippen molar-refractivity contribution in [3.8, 4) is 5.75 Å². The summed E-state index contributed by atoms with van der Waals surface area (Å²) in [4.78, 5) is 9.81. The number of carbonyl (C=O) groups excluding carboxylic acids is 1. The Morgan fingerprint density at radius 1 is 1.55 bits per heavy atom. The van der Waals surface area contributed by atoms with Gasteiger partial charge in [0.15, 0.2) is 0 Å². The van der Waals surface area contributed by atoms with E-state index in [9.17, 15) is 9.18 Å². The van der Waals surface area contributed by atoms with E-state index in [0.29, 0.717) is 0 Å². The fraction of sp³-hybridized carbons (Fsp3) is 0. The van der Waals surface area contributed by atoms with Crippen LogP contribution in [-0.4, -0.2) is 6.47 Å². The monoisotopic (exact) mass is 155 g/mol. The average molecular weight is 155 g/mol. The van der Waals surface area contributed by atoms with Crippen LogP contribution in [0.3, 0.4) is 0 Å². The molecule has 0 aromatic heterocycles. The van der Waals surface area contributed by atoms with Crippen LogP contribution in [-0.2, 0) is 4.79 Å². The second-order valence-electron chi connectivity index (χ2n) is 1.90. The zero-order chi connectivity index (χ0) is 8.27. The van der Waals surface area contributed by atoms with Crippen LogP contribution in [0.4, 0.5) is 10.1 Å². The molecule has 0 aliphatic rings. The maximum atomic E-state index is 12.5. The van der Waals surface area contributed by atoms with Gasteiger partial charge in [0.05, 0.1) is 5.69 Å². The Kier molecular flexibility index (Phi) is 2.06. The van der Waals surface area contributed by atoms with Gasteiger partial charge in [-0.25, -0.2) is 4.39 Å². The van der Waals surface area contributed by atoms with Crippen LogP contribution in [0.15, 0.2) is 18.2 Å². The number of rotatable bonds is 2. The second-order valence-corrected chi connectivity index (χ2v) is 1.90. The molecule has 58 valence electrons. The van der Waals surface area contributed by atoms with E-state index >= 15 is 0 Å². The molecule has 1 aromatic carbocycles. The molecule has 3 nitrogen and oxygen atoms in total. The average Bonchev–Trinajstić information content (AvgIpc) is 1.98. The number of nitrogens with two attached hydrogens (primary N) is 1. The van der Waals surface area contributed by atoms with Crippen molar-refractivity contribution in [2.24, 2.45) is 0 Å². The maximum absolute atomic E-state index is 12.5. The normalized spacial score (nSPS) is 9.18. The number of ether oxygens (including phenoxy) is 1. The molecule has 4 heteroatoms.